The molecule has 2 amide bonds. The largest absolute Gasteiger partial charge is 0.352 e. The maximum Gasteiger partial charge on any atom is 0.243 e. The summed E-state index contributed by atoms with van der Waals surface area (Å²) >= 11 is 1.76. The van der Waals surface area contributed by atoms with Crippen molar-refractivity contribution < 1.29 is 9.59 Å². The van der Waals surface area contributed by atoms with Crippen molar-refractivity contribution in [3.8, 4) is 0 Å². The van der Waals surface area contributed by atoms with E-state index in [9.17, 15) is 9.59 Å². The van der Waals surface area contributed by atoms with Gasteiger partial charge in [-0.05, 0) is 43.4 Å². The fraction of sp³-hybridized carbons (Fsp3) is 0.462. The number of nitrogens with one attached hydrogen (secondary N) is 1. The van der Waals surface area contributed by atoms with E-state index < -0.39 is 6.04 Å². The molecule has 4 nitrogen and oxygen atoms in total. The molecule has 2 atom stereocenters. The highest BCUT2D eigenvalue weighted by Gasteiger charge is 2.29. The van der Waals surface area contributed by atoms with E-state index in [0.29, 0.717) is 19.4 Å². The Labute approximate surface area is 191 Å². The van der Waals surface area contributed by atoms with Crippen LogP contribution in [0.4, 0.5) is 0 Å². The van der Waals surface area contributed by atoms with Crippen LogP contribution in [0.25, 0.3) is 0 Å². The summed E-state index contributed by atoms with van der Waals surface area (Å²) in [6.45, 7) is 8.53. The number of hydrogen-bond acceptors (Lipinski definition) is 3. The van der Waals surface area contributed by atoms with Gasteiger partial charge in [0, 0.05) is 30.5 Å². The van der Waals surface area contributed by atoms with Crippen molar-refractivity contribution >= 4 is 23.6 Å². The van der Waals surface area contributed by atoms with E-state index in [4.69, 9.17) is 0 Å². The van der Waals surface area contributed by atoms with Crippen LogP contribution in [-0.2, 0) is 21.9 Å². The Morgan fingerprint density at radius 1 is 1.00 bits per heavy atom. The van der Waals surface area contributed by atoms with Gasteiger partial charge in [-0.3, -0.25) is 9.59 Å². The highest BCUT2D eigenvalue weighted by atomic mass is 32.2. The highest BCUT2D eigenvalue weighted by molar-refractivity contribution is 7.98. The first kappa shape index (κ1) is 25.0. The number of aryl methyl sites for hydroxylation is 1. The van der Waals surface area contributed by atoms with Crippen molar-refractivity contribution in [2.24, 2.45) is 0 Å². The normalized spacial score (nSPS) is 12.8. The molecule has 2 rings (SSSR count). The molecule has 0 heterocycles. The van der Waals surface area contributed by atoms with Gasteiger partial charge in [0.05, 0.1) is 0 Å². The zero-order valence-corrected chi connectivity index (χ0v) is 20.1. The van der Waals surface area contributed by atoms with Crippen LogP contribution in [0.15, 0.2) is 54.6 Å². The quantitative estimate of drug-likeness (QED) is 0.453. The molecule has 0 bridgehead atoms. The Morgan fingerprint density at radius 2 is 1.68 bits per heavy atom. The van der Waals surface area contributed by atoms with Crippen molar-refractivity contribution in [3.63, 3.8) is 0 Å². The minimum Gasteiger partial charge on any atom is -0.352 e. The third-order valence-electron chi connectivity index (χ3n) is 5.56. The Balaban J connectivity index is 2.08. The van der Waals surface area contributed by atoms with Gasteiger partial charge in [-0.1, -0.05) is 68.4 Å². The van der Waals surface area contributed by atoms with Gasteiger partial charge in [0.25, 0.3) is 0 Å². The average molecular weight is 441 g/mol. The molecule has 0 radical (unpaired) electrons. The molecular formula is C26H36N2O2S. The molecule has 2 aromatic rings. The van der Waals surface area contributed by atoms with Gasteiger partial charge in [0.15, 0.2) is 0 Å². The Kier molecular flexibility index (Phi) is 10.6. The average Bonchev–Trinajstić information content (AvgIpc) is 2.78. The molecule has 0 spiro atoms. The number of amides is 2. The van der Waals surface area contributed by atoms with Crippen molar-refractivity contribution in [1.82, 2.24) is 10.2 Å². The third kappa shape index (κ3) is 8.06. The molecule has 1 N–H and O–H groups in total. The summed E-state index contributed by atoms with van der Waals surface area (Å²) in [6.07, 6.45) is 1.89. The zero-order chi connectivity index (χ0) is 22.6. The Hall–Kier alpha value is -2.27. The van der Waals surface area contributed by atoms with Gasteiger partial charge in [-0.2, -0.15) is 11.8 Å². The van der Waals surface area contributed by atoms with Crippen molar-refractivity contribution in [1.29, 1.82) is 0 Å². The van der Waals surface area contributed by atoms with Crippen LogP contribution in [0.2, 0.25) is 0 Å². The summed E-state index contributed by atoms with van der Waals surface area (Å²) in [5.74, 6) is 1.60. The second-order valence-electron chi connectivity index (χ2n) is 7.98. The predicted octanol–water partition coefficient (Wildman–Crippen LogP) is 5.34. The number of benzene rings is 2. The Bertz CT molecular complexity index is 825. The van der Waals surface area contributed by atoms with Crippen LogP contribution >= 0.6 is 11.8 Å². The van der Waals surface area contributed by atoms with Crippen molar-refractivity contribution in [3.05, 3.63) is 71.3 Å². The van der Waals surface area contributed by atoms with Crippen LogP contribution in [0, 0.1) is 6.92 Å². The monoisotopic (exact) mass is 440 g/mol. The Morgan fingerprint density at radius 3 is 2.32 bits per heavy atom. The van der Waals surface area contributed by atoms with Crippen molar-refractivity contribution in [2.75, 3.05) is 5.75 Å². The maximum absolute atomic E-state index is 13.3. The first-order chi connectivity index (χ1) is 15.0. The molecule has 0 aliphatic carbocycles. The molecule has 31 heavy (non-hydrogen) atoms. The standard InChI is InChI=1S/C26H36N2O2S/c1-5-21(4)27-26(30)24(6-2)28(18-23-15-11-10-12-20(23)3)25(29)16-17-31-19-22-13-8-7-9-14-22/h7-15,21,24H,5-6,16-19H2,1-4H3,(H,27,30)/t21-,24+/m1/s1. The SMILES string of the molecule is CC[C@@H](C)NC(=O)[C@H](CC)N(Cc1ccccc1C)C(=O)CCSCc1ccccc1. The lowest BCUT2D eigenvalue weighted by Gasteiger charge is -2.32. The molecule has 0 aromatic heterocycles. The lowest BCUT2D eigenvalue weighted by atomic mass is 10.1. The molecule has 0 aliphatic heterocycles. The molecule has 0 saturated carbocycles. The van der Waals surface area contributed by atoms with Crippen LogP contribution in [0.3, 0.4) is 0 Å². The van der Waals surface area contributed by atoms with Crippen molar-refractivity contribution in [2.45, 2.75) is 71.3 Å². The predicted molar refractivity (Wildman–Crippen MR) is 131 cm³/mol. The highest BCUT2D eigenvalue weighted by Crippen LogP contribution is 2.19. The van der Waals surface area contributed by atoms with E-state index in [1.807, 2.05) is 70.2 Å². The number of carbonyl (C=O) groups excluding carboxylic acids is 2. The molecule has 0 unspecified atom stereocenters. The number of thioether (sulfide) groups is 1. The number of hydrogen-bond donors (Lipinski definition) is 1. The van der Waals surface area contributed by atoms with Gasteiger partial charge in [-0.15, -0.1) is 0 Å². The summed E-state index contributed by atoms with van der Waals surface area (Å²) in [5.41, 5.74) is 3.48. The molecule has 2 aromatic carbocycles. The van der Waals surface area contributed by atoms with Crippen LogP contribution in [-0.4, -0.2) is 34.6 Å². The topological polar surface area (TPSA) is 49.4 Å². The van der Waals surface area contributed by atoms with Gasteiger partial charge < -0.3 is 10.2 Å². The van der Waals surface area contributed by atoms with Gasteiger partial charge in [-0.25, -0.2) is 0 Å². The van der Waals surface area contributed by atoms with Gasteiger partial charge in [0.2, 0.25) is 11.8 Å². The van der Waals surface area contributed by atoms with E-state index in [0.717, 1.165) is 29.1 Å². The second kappa shape index (κ2) is 13.2. The van der Waals surface area contributed by atoms with E-state index in [2.05, 4.69) is 17.4 Å². The third-order valence-corrected chi connectivity index (χ3v) is 6.59. The van der Waals surface area contributed by atoms with Crippen LogP contribution in [0.5, 0.6) is 0 Å². The number of nitrogens with zero attached hydrogens (tertiary/aromatic N) is 1. The minimum absolute atomic E-state index is 0.0370. The summed E-state index contributed by atoms with van der Waals surface area (Å²) in [5, 5.41) is 3.07. The molecular weight excluding hydrogens is 404 g/mol. The number of carbonyl (C=O) groups is 2. The molecule has 0 aliphatic rings. The molecule has 5 heteroatoms. The molecule has 0 saturated heterocycles. The first-order valence-electron chi connectivity index (χ1n) is 11.2. The lowest BCUT2D eigenvalue weighted by Crippen LogP contribution is -2.50. The maximum atomic E-state index is 13.3. The van der Waals surface area contributed by atoms with E-state index in [-0.39, 0.29) is 17.9 Å². The second-order valence-corrected chi connectivity index (χ2v) is 9.08. The van der Waals surface area contributed by atoms with E-state index in [1.54, 1.807) is 16.7 Å². The summed E-state index contributed by atoms with van der Waals surface area (Å²) in [6, 6.07) is 18.0. The fourth-order valence-electron chi connectivity index (χ4n) is 3.40. The lowest BCUT2D eigenvalue weighted by molar-refractivity contribution is -0.141. The summed E-state index contributed by atoms with van der Waals surface area (Å²) in [7, 11) is 0. The number of rotatable bonds is 12. The molecule has 0 fully saturated rings. The first-order valence-corrected chi connectivity index (χ1v) is 12.4. The van der Waals surface area contributed by atoms with Crippen LogP contribution in [0.1, 0.15) is 56.7 Å². The molecule has 168 valence electrons. The fourth-order valence-corrected chi connectivity index (χ4v) is 4.29. The summed E-state index contributed by atoms with van der Waals surface area (Å²) < 4.78 is 0. The zero-order valence-electron chi connectivity index (χ0n) is 19.3. The summed E-state index contributed by atoms with van der Waals surface area (Å²) in [4.78, 5) is 28.0. The van der Waals surface area contributed by atoms with Gasteiger partial charge >= 0.3 is 0 Å². The minimum atomic E-state index is -0.458. The van der Waals surface area contributed by atoms with E-state index in [1.165, 1.54) is 5.56 Å². The van der Waals surface area contributed by atoms with Gasteiger partial charge in [0.1, 0.15) is 6.04 Å². The smallest absolute Gasteiger partial charge is 0.243 e. The van der Waals surface area contributed by atoms with E-state index >= 15 is 0 Å². The van der Waals surface area contributed by atoms with Crippen LogP contribution < -0.4 is 5.32 Å².